The number of imidazole rings is 1. The minimum absolute atomic E-state index is 0.138. The zero-order valence-electron chi connectivity index (χ0n) is 20.0. The Morgan fingerprint density at radius 2 is 1.81 bits per heavy atom. The van der Waals surface area contributed by atoms with E-state index in [0.717, 1.165) is 16.3 Å². The summed E-state index contributed by atoms with van der Waals surface area (Å²) in [4.78, 5) is 28.6. The van der Waals surface area contributed by atoms with Gasteiger partial charge in [-0.05, 0) is 52.7 Å². The first-order chi connectivity index (χ1) is 18.0. The highest BCUT2D eigenvalue weighted by Gasteiger charge is 2.12. The second kappa shape index (κ2) is 10.0. The number of nitrogens with one attached hydrogen (secondary N) is 1. The van der Waals surface area contributed by atoms with E-state index >= 15 is 0 Å². The largest absolute Gasteiger partial charge is 0.504 e. The number of carbonyl (C=O) groups is 1. The van der Waals surface area contributed by atoms with Gasteiger partial charge in [0.15, 0.2) is 17.3 Å². The molecule has 0 saturated heterocycles. The summed E-state index contributed by atoms with van der Waals surface area (Å²) in [5.41, 5.74) is 3.09. The van der Waals surface area contributed by atoms with Gasteiger partial charge in [-0.25, -0.2) is 4.79 Å². The number of H-pyrrole nitrogens is 1. The fourth-order valence-corrected chi connectivity index (χ4v) is 4.23. The van der Waals surface area contributed by atoms with E-state index in [2.05, 4.69) is 4.98 Å². The molecule has 5 rings (SSSR count). The topological polar surface area (TPSA) is 105 Å². The molecule has 0 aliphatic heterocycles. The van der Waals surface area contributed by atoms with Gasteiger partial charge in [0.05, 0.1) is 25.1 Å². The minimum Gasteiger partial charge on any atom is -0.504 e. The Hall–Kier alpha value is -4.88. The summed E-state index contributed by atoms with van der Waals surface area (Å²) in [6.45, 7) is -0.369. The van der Waals surface area contributed by atoms with E-state index in [9.17, 15) is 19.8 Å². The molecule has 0 saturated carbocycles. The number of aliphatic hydroxyl groups is 1. The summed E-state index contributed by atoms with van der Waals surface area (Å²) in [5, 5.41) is 21.7. The number of phenols is 1. The van der Waals surface area contributed by atoms with E-state index in [1.165, 1.54) is 17.8 Å². The molecule has 0 atom stereocenters. The van der Waals surface area contributed by atoms with Crippen molar-refractivity contribution in [3.63, 3.8) is 0 Å². The molecule has 1 heterocycles. The molecule has 1 aromatic heterocycles. The van der Waals surface area contributed by atoms with Gasteiger partial charge in [0, 0.05) is 22.9 Å². The Balaban J connectivity index is 1.42. The molecule has 0 amide bonds. The standard InChI is InChI=1S/C30H24N2O5/c1-37-28-14-19(13-24(18-33)29(28)35)9-12-27(34)23-7-4-8-25(16-23)32-17-26(31-30(32)36)22-11-10-20-5-2-3-6-21(20)15-22/h2-17,33,35H,18H2,1H3,(H,31,36)/b12-9+. The fraction of sp³-hybridized carbons (Fsp3) is 0.0667. The van der Waals surface area contributed by atoms with Crippen LogP contribution in [-0.2, 0) is 6.61 Å². The lowest BCUT2D eigenvalue weighted by atomic mass is 10.1. The van der Waals surface area contributed by atoms with Crippen LogP contribution in [0.15, 0.2) is 95.9 Å². The average molecular weight is 493 g/mol. The van der Waals surface area contributed by atoms with Crippen LogP contribution in [0, 0.1) is 0 Å². The molecule has 0 aliphatic carbocycles. The van der Waals surface area contributed by atoms with Crippen LogP contribution in [0.4, 0.5) is 0 Å². The zero-order valence-corrected chi connectivity index (χ0v) is 20.0. The summed E-state index contributed by atoms with van der Waals surface area (Å²) < 4.78 is 6.61. The van der Waals surface area contributed by atoms with E-state index in [-0.39, 0.29) is 29.6 Å². The van der Waals surface area contributed by atoms with Crippen LogP contribution >= 0.6 is 0 Å². The number of ether oxygens (including phenoxy) is 1. The Kier molecular flexibility index (Phi) is 6.45. The van der Waals surface area contributed by atoms with Gasteiger partial charge >= 0.3 is 5.69 Å². The molecule has 3 N–H and O–H groups in total. The highest BCUT2D eigenvalue weighted by Crippen LogP contribution is 2.32. The maximum Gasteiger partial charge on any atom is 0.330 e. The number of rotatable bonds is 7. The predicted octanol–water partition coefficient (Wildman–Crippen LogP) is 5.09. The highest BCUT2D eigenvalue weighted by molar-refractivity contribution is 6.07. The first-order valence-corrected chi connectivity index (χ1v) is 11.6. The molecule has 7 nitrogen and oxygen atoms in total. The van der Waals surface area contributed by atoms with Crippen molar-refractivity contribution >= 4 is 22.6 Å². The SMILES string of the molecule is COc1cc(/C=C/C(=O)c2cccc(-n3cc(-c4ccc5ccccc5c4)[nH]c3=O)c2)cc(CO)c1O. The van der Waals surface area contributed by atoms with Gasteiger partial charge in [0.1, 0.15) is 0 Å². The molecule has 0 aliphatic rings. The third-order valence-electron chi connectivity index (χ3n) is 6.18. The van der Waals surface area contributed by atoms with Gasteiger partial charge in [-0.3, -0.25) is 9.36 Å². The minimum atomic E-state index is -0.369. The molecule has 0 bridgehead atoms. The molecular weight excluding hydrogens is 468 g/mol. The van der Waals surface area contributed by atoms with Crippen molar-refractivity contribution < 1.29 is 19.7 Å². The van der Waals surface area contributed by atoms with Crippen molar-refractivity contribution in [3.05, 3.63) is 118 Å². The number of methoxy groups -OCH3 is 1. The number of aromatic hydroxyl groups is 1. The number of nitrogens with zero attached hydrogens (tertiary/aromatic N) is 1. The van der Waals surface area contributed by atoms with Crippen LogP contribution in [0.3, 0.4) is 0 Å². The smallest absolute Gasteiger partial charge is 0.330 e. The Morgan fingerprint density at radius 1 is 1.00 bits per heavy atom. The molecule has 0 radical (unpaired) electrons. The number of allylic oxidation sites excluding steroid dienone is 1. The zero-order chi connectivity index (χ0) is 25.9. The summed E-state index contributed by atoms with van der Waals surface area (Å²) in [6, 6.07) is 24.0. The van der Waals surface area contributed by atoms with Crippen LogP contribution in [0.25, 0.3) is 33.8 Å². The normalized spacial score (nSPS) is 11.3. The number of aliphatic hydroxyl groups excluding tert-OH is 1. The number of benzene rings is 4. The second-order valence-corrected chi connectivity index (χ2v) is 8.54. The highest BCUT2D eigenvalue weighted by atomic mass is 16.5. The summed E-state index contributed by atoms with van der Waals surface area (Å²) >= 11 is 0. The van der Waals surface area contributed by atoms with Gasteiger partial charge in [0.2, 0.25) is 0 Å². The van der Waals surface area contributed by atoms with Gasteiger partial charge < -0.3 is 19.9 Å². The maximum atomic E-state index is 12.9. The van der Waals surface area contributed by atoms with Crippen molar-refractivity contribution in [2.45, 2.75) is 6.61 Å². The van der Waals surface area contributed by atoms with E-state index in [1.54, 1.807) is 48.7 Å². The fourth-order valence-electron chi connectivity index (χ4n) is 4.23. The Labute approximate surface area is 212 Å². The molecule has 0 fully saturated rings. The molecule has 4 aromatic carbocycles. The number of ketones is 1. The number of fused-ring (bicyclic) bond motifs is 1. The van der Waals surface area contributed by atoms with Crippen LogP contribution in [0.2, 0.25) is 0 Å². The monoisotopic (exact) mass is 492 g/mol. The lowest BCUT2D eigenvalue weighted by Crippen LogP contribution is -2.14. The van der Waals surface area contributed by atoms with Gasteiger partial charge in [0.25, 0.3) is 0 Å². The van der Waals surface area contributed by atoms with Crippen LogP contribution in [0.1, 0.15) is 21.5 Å². The van der Waals surface area contributed by atoms with E-state index in [0.29, 0.717) is 28.1 Å². The Bertz CT molecular complexity index is 1690. The third-order valence-corrected chi connectivity index (χ3v) is 6.18. The predicted molar refractivity (Wildman–Crippen MR) is 143 cm³/mol. The molecular formula is C30H24N2O5. The first kappa shape index (κ1) is 23.8. The molecule has 7 heteroatoms. The lowest BCUT2D eigenvalue weighted by Gasteiger charge is -2.08. The lowest BCUT2D eigenvalue weighted by molar-refractivity contribution is 0.104. The van der Waals surface area contributed by atoms with Crippen molar-refractivity contribution in [2.24, 2.45) is 0 Å². The van der Waals surface area contributed by atoms with Gasteiger partial charge in [-0.2, -0.15) is 0 Å². The quantitative estimate of drug-likeness (QED) is 0.217. The van der Waals surface area contributed by atoms with Crippen molar-refractivity contribution in [2.75, 3.05) is 7.11 Å². The molecule has 5 aromatic rings. The third kappa shape index (κ3) is 4.80. The average Bonchev–Trinajstić information content (AvgIpc) is 3.33. The summed E-state index contributed by atoms with van der Waals surface area (Å²) in [5.74, 6) is -0.200. The van der Waals surface area contributed by atoms with E-state index in [4.69, 9.17) is 4.74 Å². The molecule has 0 spiro atoms. The number of hydrogen-bond donors (Lipinski definition) is 3. The van der Waals surface area contributed by atoms with Gasteiger partial charge in [-0.1, -0.05) is 54.6 Å². The maximum absolute atomic E-state index is 12.9. The molecule has 184 valence electrons. The summed E-state index contributed by atoms with van der Waals surface area (Å²) in [7, 11) is 1.41. The van der Waals surface area contributed by atoms with Crippen molar-refractivity contribution in [1.29, 1.82) is 0 Å². The van der Waals surface area contributed by atoms with Crippen molar-refractivity contribution in [3.8, 4) is 28.4 Å². The Morgan fingerprint density at radius 3 is 2.59 bits per heavy atom. The number of carbonyl (C=O) groups excluding carboxylic acids is 1. The van der Waals surface area contributed by atoms with E-state index < -0.39 is 0 Å². The van der Waals surface area contributed by atoms with E-state index in [1.807, 2.05) is 42.5 Å². The van der Waals surface area contributed by atoms with Crippen molar-refractivity contribution in [1.82, 2.24) is 9.55 Å². The number of hydrogen-bond acceptors (Lipinski definition) is 5. The van der Waals surface area contributed by atoms with Crippen LogP contribution in [-0.4, -0.2) is 32.7 Å². The summed E-state index contributed by atoms with van der Waals surface area (Å²) in [6.07, 6.45) is 4.70. The number of aromatic nitrogens is 2. The van der Waals surface area contributed by atoms with Gasteiger partial charge in [-0.15, -0.1) is 0 Å². The molecule has 37 heavy (non-hydrogen) atoms. The van der Waals surface area contributed by atoms with Crippen LogP contribution in [0.5, 0.6) is 11.5 Å². The van der Waals surface area contributed by atoms with Crippen LogP contribution < -0.4 is 10.4 Å². The molecule has 0 unspecified atom stereocenters. The second-order valence-electron chi connectivity index (χ2n) is 8.54. The first-order valence-electron chi connectivity index (χ1n) is 11.6. The number of aromatic amines is 1.